The SMILES string of the molecule is O=S(=O)(OC1CCCS1)OC1CCCS1. The lowest BCUT2D eigenvalue weighted by atomic mass is 10.4. The van der Waals surface area contributed by atoms with Crippen LogP contribution in [0.3, 0.4) is 0 Å². The van der Waals surface area contributed by atoms with Gasteiger partial charge in [0.1, 0.15) is 10.9 Å². The average molecular weight is 270 g/mol. The zero-order valence-electron chi connectivity index (χ0n) is 8.26. The van der Waals surface area contributed by atoms with E-state index in [2.05, 4.69) is 0 Å². The highest BCUT2D eigenvalue weighted by Gasteiger charge is 2.28. The summed E-state index contributed by atoms with van der Waals surface area (Å²) in [6.45, 7) is 0. The Morgan fingerprint density at radius 2 is 1.40 bits per heavy atom. The van der Waals surface area contributed by atoms with Crippen molar-refractivity contribution in [3.63, 3.8) is 0 Å². The third-order valence-electron chi connectivity index (χ3n) is 2.23. The lowest BCUT2D eigenvalue weighted by molar-refractivity contribution is 0.188. The zero-order valence-corrected chi connectivity index (χ0v) is 10.7. The van der Waals surface area contributed by atoms with E-state index in [0.29, 0.717) is 0 Å². The van der Waals surface area contributed by atoms with Gasteiger partial charge in [0.25, 0.3) is 0 Å². The van der Waals surface area contributed by atoms with Gasteiger partial charge in [-0.2, -0.15) is 8.42 Å². The van der Waals surface area contributed by atoms with E-state index >= 15 is 0 Å². The fourth-order valence-corrected chi connectivity index (χ4v) is 5.18. The Labute approximate surface area is 98.8 Å². The molecule has 0 aromatic carbocycles. The third-order valence-corrected chi connectivity index (χ3v) is 5.86. The summed E-state index contributed by atoms with van der Waals surface area (Å²) in [7, 11) is -3.79. The first-order chi connectivity index (χ1) is 7.16. The van der Waals surface area contributed by atoms with Gasteiger partial charge in [-0.1, -0.05) is 0 Å². The van der Waals surface area contributed by atoms with Gasteiger partial charge in [-0.25, -0.2) is 8.37 Å². The molecule has 0 aromatic rings. The molecule has 0 N–H and O–H groups in total. The van der Waals surface area contributed by atoms with Crippen LogP contribution in [0, 0.1) is 0 Å². The Bertz CT molecular complexity index is 267. The molecule has 0 aliphatic carbocycles. The lowest BCUT2D eigenvalue weighted by Crippen LogP contribution is -2.19. The van der Waals surface area contributed by atoms with Crippen LogP contribution in [0.4, 0.5) is 0 Å². The molecule has 2 atom stereocenters. The second-order valence-corrected chi connectivity index (χ2v) is 7.22. The van der Waals surface area contributed by atoms with Crippen LogP contribution in [-0.4, -0.2) is 30.8 Å². The predicted octanol–water partition coefficient (Wildman–Crippen LogP) is 1.97. The summed E-state index contributed by atoms with van der Waals surface area (Å²) in [5.41, 5.74) is -0.470. The van der Waals surface area contributed by atoms with Gasteiger partial charge in [0.15, 0.2) is 0 Å². The van der Waals surface area contributed by atoms with Crippen LogP contribution in [-0.2, 0) is 18.8 Å². The number of hydrogen-bond donors (Lipinski definition) is 0. The van der Waals surface area contributed by atoms with E-state index in [0.717, 1.165) is 37.2 Å². The molecule has 2 rings (SSSR count). The Morgan fingerprint density at radius 1 is 0.933 bits per heavy atom. The van der Waals surface area contributed by atoms with E-state index in [1.807, 2.05) is 0 Å². The van der Waals surface area contributed by atoms with Gasteiger partial charge in [0, 0.05) is 0 Å². The Kier molecular flexibility index (Phi) is 4.23. The van der Waals surface area contributed by atoms with Gasteiger partial charge < -0.3 is 0 Å². The monoisotopic (exact) mass is 270 g/mol. The molecule has 0 amide bonds. The Balaban J connectivity index is 1.82. The molecule has 7 heteroatoms. The van der Waals surface area contributed by atoms with Crippen molar-refractivity contribution in [1.82, 2.24) is 0 Å². The quantitative estimate of drug-likeness (QED) is 0.778. The molecule has 15 heavy (non-hydrogen) atoms. The molecule has 0 spiro atoms. The molecule has 2 unspecified atom stereocenters. The maximum Gasteiger partial charge on any atom is 0.402 e. The van der Waals surface area contributed by atoms with Crippen LogP contribution in [0.2, 0.25) is 0 Å². The summed E-state index contributed by atoms with van der Waals surface area (Å²) in [6, 6.07) is 0. The van der Waals surface area contributed by atoms with Crippen molar-refractivity contribution >= 4 is 33.9 Å². The van der Waals surface area contributed by atoms with Crippen LogP contribution >= 0.6 is 23.5 Å². The second kappa shape index (κ2) is 5.27. The van der Waals surface area contributed by atoms with Crippen LogP contribution in [0.15, 0.2) is 0 Å². The molecule has 4 nitrogen and oxygen atoms in total. The summed E-state index contributed by atoms with van der Waals surface area (Å²) in [4.78, 5) is 0. The predicted molar refractivity (Wildman–Crippen MR) is 62.0 cm³/mol. The van der Waals surface area contributed by atoms with Crippen molar-refractivity contribution in [2.75, 3.05) is 11.5 Å². The van der Waals surface area contributed by atoms with Gasteiger partial charge in [-0.3, -0.25) is 0 Å². The van der Waals surface area contributed by atoms with Crippen LogP contribution < -0.4 is 0 Å². The van der Waals surface area contributed by atoms with E-state index in [4.69, 9.17) is 8.37 Å². The maximum absolute atomic E-state index is 11.5. The molecule has 2 aliphatic heterocycles. The van der Waals surface area contributed by atoms with E-state index in [1.165, 1.54) is 23.5 Å². The van der Waals surface area contributed by atoms with Crippen LogP contribution in [0.5, 0.6) is 0 Å². The molecular weight excluding hydrogens is 256 g/mol. The number of hydrogen-bond acceptors (Lipinski definition) is 6. The van der Waals surface area contributed by atoms with Crippen molar-refractivity contribution in [3.8, 4) is 0 Å². The minimum atomic E-state index is -3.79. The summed E-state index contributed by atoms with van der Waals surface area (Å²) in [5, 5.41) is 0. The van der Waals surface area contributed by atoms with Gasteiger partial charge in [-0.15, -0.1) is 23.5 Å². The molecule has 2 saturated heterocycles. The molecule has 0 radical (unpaired) electrons. The molecule has 2 aliphatic rings. The topological polar surface area (TPSA) is 52.6 Å². The number of rotatable bonds is 4. The van der Waals surface area contributed by atoms with Crippen molar-refractivity contribution < 1.29 is 16.8 Å². The van der Waals surface area contributed by atoms with Gasteiger partial charge >= 0.3 is 10.4 Å². The molecule has 0 bridgehead atoms. The van der Waals surface area contributed by atoms with Crippen molar-refractivity contribution in [1.29, 1.82) is 0 Å². The minimum absolute atomic E-state index is 0.235. The average Bonchev–Trinajstić information content (AvgIpc) is 2.75. The molecule has 0 aromatic heterocycles. The molecule has 2 heterocycles. The minimum Gasteiger partial charge on any atom is -0.234 e. The fraction of sp³-hybridized carbons (Fsp3) is 1.00. The highest BCUT2D eigenvalue weighted by atomic mass is 32.3. The standard InChI is InChI=1S/C8H14O4S3/c9-15(10,11-7-3-1-5-13-7)12-8-4-2-6-14-8/h7-8H,1-6H2. The number of thioether (sulfide) groups is 2. The van der Waals surface area contributed by atoms with Gasteiger partial charge in [0.2, 0.25) is 0 Å². The van der Waals surface area contributed by atoms with Crippen molar-refractivity contribution in [2.45, 2.75) is 36.6 Å². The first-order valence-electron chi connectivity index (χ1n) is 5.00. The first-order valence-corrected chi connectivity index (χ1v) is 8.43. The maximum atomic E-state index is 11.5. The van der Waals surface area contributed by atoms with E-state index in [-0.39, 0.29) is 10.9 Å². The van der Waals surface area contributed by atoms with E-state index in [9.17, 15) is 8.42 Å². The Morgan fingerprint density at radius 3 is 1.73 bits per heavy atom. The van der Waals surface area contributed by atoms with Crippen LogP contribution in [0.25, 0.3) is 0 Å². The van der Waals surface area contributed by atoms with Gasteiger partial charge in [0.05, 0.1) is 0 Å². The summed E-state index contributed by atoms with van der Waals surface area (Å²) in [6.07, 6.45) is 3.63. The normalized spacial score (nSPS) is 32.3. The van der Waals surface area contributed by atoms with E-state index in [1.54, 1.807) is 0 Å². The zero-order chi connectivity index (χ0) is 10.7. The van der Waals surface area contributed by atoms with Crippen LogP contribution in [0.1, 0.15) is 25.7 Å². The third kappa shape index (κ3) is 3.81. The highest BCUT2D eigenvalue weighted by molar-refractivity contribution is 8.01. The fourth-order valence-electron chi connectivity index (χ4n) is 1.53. The summed E-state index contributed by atoms with van der Waals surface area (Å²) in [5.74, 6) is 1.94. The van der Waals surface area contributed by atoms with Gasteiger partial charge in [-0.05, 0) is 37.2 Å². The largest absolute Gasteiger partial charge is 0.402 e. The molecule has 88 valence electrons. The smallest absolute Gasteiger partial charge is 0.234 e. The first kappa shape index (κ1) is 12.0. The van der Waals surface area contributed by atoms with Crippen molar-refractivity contribution in [2.24, 2.45) is 0 Å². The highest BCUT2D eigenvalue weighted by Crippen LogP contribution is 2.32. The molecule has 2 fully saturated rings. The Hall–Kier alpha value is 0.570. The second-order valence-electron chi connectivity index (χ2n) is 3.49. The lowest BCUT2D eigenvalue weighted by Gasteiger charge is -2.13. The summed E-state index contributed by atoms with van der Waals surface area (Å²) < 4.78 is 32.9. The van der Waals surface area contributed by atoms with Crippen molar-refractivity contribution in [3.05, 3.63) is 0 Å². The summed E-state index contributed by atoms with van der Waals surface area (Å²) >= 11 is 3.08. The van der Waals surface area contributed by atoms with E-state index < -0.39 is 10.4 Å². The molecule has 0 saturated carbocycles. The molecular formula is C8H14O4S3.